The predicted octanol–water partition coefficient (Wildman–Crippen LogP) is 1.26. The maximum Gasteiger partial charge on any atom is 0.253 e. The first kappa shape index (κ1) is 20.2. The molecule has 11 heteroatoms. The molecule has 0 spiro atoms. The Bertz CT molecular complexity index is 1050. The zero-order valence-corrected chi connectivity index (χ0v) is 17.3. The molecule has 1 aliphatic rings. The lowest BCUT2D eigenvalue weighted by Gasteiger charge is -2.32. The van der Waals surface area contributed by atoms with Crippen LogP contribution < -0.4 is 15.2 Å². The third kappa shape index (κ3) is 4.03. The van der Waals surface area contributed by atoms with E-state index in [4.69, 9.17) is 9.88 Å². The molecule has 148 valence electrons. The molecule has 0 saturated carbocycles. The fourth-order valence-corrected chi connectivity index (χ4v) is 7.27. The van der Waals surface area contributed by atoms with Gasteiger partial charge in [-0.3, -0.25) is 0 Å². The Morgan fingerprint density at radius 2 is 2.11 bits per heavy atom. The fourth-order valence-electron chi connectivity index (χ4n) is 3.01. The normalized spacial score (nSPS) is 19.6. The first-order chi connectivity index (χ1) is 12.7. The van der Waals surface area contributed by atoms with E-state index in [2.05, 4.69) is 5.32 Å². The van der Waals surface area contributed by atoms with E-state index in [0.29, 0.717) is 29.2 Å². The zero-order chi connectivity index (χ0) is 19.8. The van der Waals surface area contributed by atoms with Crippen molar-refractivity contribution in [2.24, 2.45) is 5.14 Å². The molecule has 0 radical (unpaired) electrons. The Hall–Kier alpha value is -1.50. The third-order valence-corrected chi connectivity index (χ3v) is 9.17. The summed E-state index contributed by atoms with van der Waals surface area (Å²) in [6, 6.07) is 8.22. The van der Waals surface area contributed by atoms with Crippen molar-refractivity contribution in [3.8, 4) is 5.75 Å². The van der Waals surface area contributed by atoms with Crippen molar-refractivity contribution in [2.75, 3.05) is 20.2 Å². The highest BCUT2D eigenvalue weighted by molar-refractivity contribution is 7.94. The number of ether oxygens (including phenoxy) is 1. The smallest absolute Gasteiger partial charge is 0.253 e. The number of rotatable bonds is 6. The largest absolute Gasteiger partial charge is 0.497 e. The Kier molecular flexibility index (Phi) is 5.62. The topological polar surface area (TPSA) is 119 Å². The van der Waals surface area contributed by atoms with Gasteiger partial charge in [-0.25, -0.2) is 22.0 Å². The molecule has 1 aliphatic heterocycles. The lowest BCUT2D eigenvalue weighted by Crippen LogP contribution is -2.42. The van der Waals surface area contributed by atoms with Gasteiger partial charge in [0.2, 0.25) is 10.0 Å². The Morgan fingerprint density at radius 1 is 1.37 bits per heavy atom. The number of primary sulfonamides is 1. The number of benzene rings is 1. The number of sulfonamides is 2. The van der Waals surface area contributed by atoms with Crippen molar-refractivity contribution in [1.82, 2.24) is 9.62 Å². The van der Waals surface area contributed by atoms with Crippen LogP contribution in [-0.2, 0) is 26.6 Å². The van der Waals surface area contributed by atoms with Crippen molar-refractivity contribution >= 4 is 31.4 Å². The van der Waals surface area contributed by atoms with Gasteiger partial charge >= 0.3 is 0 Å². The van der Waals surface area contributed by atoms with E-state index in [1.807, 2.05) is 13.0 Å². The minimum absolute atomic E-state index is 0.0200. The molecule has 2 aromatic rings. The Balaban J connectivity index is 2.03. The van der Waals surface area contributed by atoms with E-state index < -0.39 is 20.0 Å². The average Bonchev–Trinajstić information content (AvgIpc) is 3.07. The van der Waals surface area contributed by atoms with Crippen LogP contribution in [0, 0.1) is 0 Å². The van der Waals surface area contributed by atoms with Gasteiger partial charge in [0.15, 0.2) is 0 Å². The number of hydrogen-bond acceptors (Lipinski definition) is 7. The summed E-state index contributed by atoms with van der Waals surface area (Å²) in [5, 5.41) is 8.43. The van der Waals surface area contributed by atoms with Crippen LogP contribution in [0.25, 0.3) is 0 Å². The molecule has 0 bridgehead atoms. The zero-order valence-electron chi connectivity index (χ0n) is 14.9. The molecule has 0 saturated heterocycles. The number of nitrogens with two attached hydrogens (primary N) is 1. The second-order valence-corrected chi connectivity index (χ2v) is 11.1. The number of likely N-dealkylation sites (N-methyl/N-ethyl adjacent to an activating group) is 1. The average molecular weight is 432 g/mol. The van der Waals surface area contributed by atoms with Gasteiger partial charge in [-0.1, -0.05) is 19.1 Å². The van der Waals surface area contributed by atoms with E-state index >= 15 is 0 Å². The van der Waals surface area contributed by atoms with E-state index in [0.717, 1.165) is 5.56 Å². The van der Waals surface area contributed by atoms with Crippen molar-refractivity contribution in [3.63, 3.8) is 0 Å². The van der Waals surface area contributed by atoms with Gasteiger partial charge < -0.3 is 10.1 Å². The summed E-state index contributed by atoms with van der Waals surface area (Å²) in [4.78, 5) is 0. The van der Waals surface area contributed by atoms with Crippen molar-refractivity contribution in [3.05, 3.63) is 41.5 Å². The monoisotopic (exact) mass is 431 g/mol. The van der Waals surface area contributed by atoms with Crippen molar-refractivity contribution in [2.45, 2.75) is 27.9 Å². The highest BCUT2D eigenvalue weighted by Crippen LogP contribution is 2.40. The molecule has 0 fully saturated rings. The maximum absolute atomic E-state index is 13.1. The van der Waals surface area contributed by atoms with Crippen molar-refractivity contribution < 1.29 is 21.6 Å². The Labute approximate surface area is 163 Å². The number of nitrogens with one attached hydrogen (secondary N) is 1. The molecular weight excluding hydrogens is 410 g/mol. The highest BCUT2D eigenvalue weighted by atomic mass is 32.3. The standard InChI is InChI=1S/C16H21N3O5S3/c1-3-18-14-10-19(9-11-5-4-6-12(7-11)24-2)27(22,23)16-13(14)8-15(25-16)26(17,20)21/h4-8,14,18H,3,9-10H2,1-2H3,(H2,17,20,21)/t14-/m0/s1. The van der Waals surface area contributed by atoms with Gasteiger partial charge in [-0.15, -0.1) is 11.3 Å². The molecule has 0 aliphatic carbocycles. The molecule has 0 amide bonds. The highest BCUT2D eigenvalue weighted by Gasteiger charge is 2.39. The van der Waals surface area contributed by atoms with E-state index in [1.54, 1.807) is 25.3 Å². The molecular formula is C16H21N3O5S3. The van der Waals surface area contributed by atoms with Gasteiger partial charge in [0.25, 0.3) is 10.0 Å². The summed E-state index contributed by atoms with van der Waals surface area (Å²) in [5.41, 5.74) is 1.23. The summed E-state index contributed by atoms with van der Waals surface area (Å²) >= 11 is 0.694. The minimum atomic E-state index is -3.98. The lowest BCUT2D eigenvalue weighted by atomic mass is 10.1. The van der Waals surface area contributed by atoms with Crippen LogP contribution in [0.3, 0.4) is 0 Å². The van der Waals surface area contributed by atoms with E-state index in [9.17, 15) is 16.8 Å². The van der Waals surface area contributed by atoms with Gasteiger partial charge in [0, 0.05) is 24.7 Å². The molecule has 3 N–H and O–H groups in total. The third-order valence-electron chi connectivity index (χ3n) is 4.26. The van der Waals surface area contributed by atoms with Crippen LogP contribution in [-0.4, -0.2) is 41.3 Å². The summed E-state index contributed by atoms with van der Waals surface area (Å²) in [7, 11) is -6.27. The van der Waals surface area contributed by atoms with Gasteiger partial charge in [0.1, 0.15) is 14.2 Å². The predicted molar refractivity (Wildman–Crippen MR) is 103 cm³/mol. The number of fused-ring (bicyclic) bond motifs is 1. The number of methoxy groups -OCH3 is 1. The first-order valence-corrected chi connectivity index (χ1v) is 12.0. The van der Waals surface area contributed by atoms with Gasteiger partial charge in [-0.2, -0.15) is 4.31 Å². The van der Waals surface area contributed by atoms with Crippen LogP contribution >= 0.6 is 11.3 Å². The molecule has 1 aromatic carbocycles. The fraction of sp³-hybridized carbons (Fsp3) is 0.375. The van der Waals surface area contributed by atoms with Crippen LogP contribution in [0.2, 0.25) is 0 Å². The molecule has 1 atom stereocenters. The minimum Gasteiger partial charge on any atom is -0.497 e. The quantitative estimate of drug-likeness (QED) is 0.711. The summed E-state index contributed by atoms with van der Waals surface area (Å²) in [6.07, 6.45) is 0. The van der Waals surface area contributed by atoms with Crippen LogP contribution in [0.4, 0.5) is 0 Å². The van der Waals surface area contributed by atoms with Crippen LogP contribution in [0.15, 0.2) is 38.8 Å². The second-order valence-electron chi connectivity index (χ2n) is 6.11. The lowest BCUT2D eigenvalue weighted by molar-refractivity contribution is 0.338. The molecule has 3 rings (SSSR count). The summed E-state index contributed by atoms with van der Waals surface area (Å²) in [5.74, 6) is 0.637. The van der Waals surface area contributed by atoms with Crippen LogP contribution in [0.5, 0.6) is 5.75 Å². The first-order valence-electron chi connectivity index (χ1n) is 8.19. The molecule has 27 heavy (non-hydrogen) atoms. The molecule has 1 aromatic heterocycles. The second kappa shape index (κ2) is 7.49. The molecule has 8 nitrogen and oxygen atoms in total. The molecule has 0 unspecified atom stereocenters. The van der Waals surface area contributed by atoms with Gasteiger partial charge in [0.05, 0.1) is 7.11 Å². The number of thiophene rings is 1. The SMILES string of the molecule is CCN[C@H]1CN(Cc2cccc(OC)c2)S(=O)(=O)c2sc(S(N)(=O)=O)cc21. The number of hydrogen-bond donors (Lipinski definition) is 2. The summed E-state index contributed by atoms with van der Waals surface area (Å²) < 4.78 is 56.0. The van der Waals surface area contributed by atoms with Crippen molar-refractivity contribution in [1.29, 1.82) is 0 Å². The summed E-state index contributed by atoms with van der Waals surface area (Å²) in [6.45, 7) is 2.87. The number of nitrogens with zero attached hydrogens (tertiary/aromatic N) is 1. The maximum atomic E-state index is 13.1. The van der Waals surface area contributed by atoms with Crippen LogP contribution in [0.1, 0.15) is 24.1 Å². The van der Waals surface area contributed by atoms with Gasteiger partial charge in [-0.05, 0) is 30.3 Å². The Morgan fingerprint density at radius 3 is 2.74 bits per heavy atom. The van der Waals surface area contributed by atoms with E-state index in [1.165, 1.54) is 10.4 Å². The molecule has 2 heterocycles. The van der Waals surface area contributed by atoms with E-state index in [-0.39, 0.29) is 27.5 Å².